The zero-order valence-corrected chi connectivity index (χ0v) is 17.8. The third-order valence-corrected chi connectivity index (χ3v) is 7.16. The Kier molecular flexibility index (Phi) is 5.79. The summed E-state index contributed by atoms with van der Waals surface area (Å²) in [6.07, 6.45) is 1.31. The second-order valence-electron chi connectivity index (χ2n) is 7.12. The monoisotopic (exact) mass is 440 g/mol. The summed E-state index contributed by atoms with van der Waals surface area (Å²) < 4.78 is 27.8. The summed E-state index contributed by atoms with van der Waals surface area (Å²) >= 11 is 5.98. The maximum atomic E-state index is 13.2. The van der Waals surface area contributed by atoms with Gasteiger partial charge in [-0.05, 0) is 60.4 Å². The van der Waals surface area contributed by atoms with Gasteiger partial charge in [0.2, 0.25) is 0 Å². The van der Waals surface area contributed by atoms with Gasteiger partial charge in [0.05, 0.1) is 10.6 Å². The molecule has 0 radical (unpaired) electrons. The number of carbonyl (C=O) groups is 1. The molecule has 3 aromatic rings. The number of hydrogen-bond donors (Lipinski definition) is 1. The van der Waals surface area contributed by atoms with Gasteiger partial charge in [0.1, 0.15) is 0 Å². The number of nitrogens with one attached hydrogen (secondary N) is 1. The average Bonchev–Trinajstić information content (AvgIpc) is 3.19. The summed E-state index contributed by atoms with van der Waals surface area (Å²) in [4.78, 5) is 12.7. The fourth-order valence-corrected chi connectivity index (χ4v) is 5.36. The number of anilines is 1. The molecule has 1 N–H and O–H groups in total. The summed E-state index contributed by atoms with van der Waals surface area (Å²) in [5, 5.41) is 3.49. The molecule has 0 saturated carbocycles. The fraction of sp³-hybridized carbons (Fsp3) is 0.174. The van der Waals surface area contributed by atoms with E-state index in [0.29, 0.717) is 42.2 Å². The first-order valence-electron chi connectivity index (χ1n) is 9.68. The summed E-state index contributed by atoms with van der Waals surface area (Å²) in [7, 11) is -3.74. The molecule has 0 spiro atoms. The molecule has 0 aromatic heterocycles. The Hall–Kier alpha value is -2.83. The zero-order chi connectivity index (χ0) is 21.1. The maximum Gasteiger partial charge on any atom is 0.264 e. The van der Waals surface area contributed by atoms with Crippen molar-refractivity contribution < 1.29 is 13.2 Å². The van der Waals surface area contributed by atoms with Crippen LogP contribution in [0.15, 0.2) is 77.7 Å². The number of carbonyl (C=O) groups excluding carboxylic acids is 1. The van der Waals surface area contributed by atoms with Crippen molar-refractivity contribution in [1.29, 1.82) is 0 Å². The van der Waals surface area contributed by atoms with E-state index in [1.54, 1.807) is 18.2 Å². The van der Waals surface area contributed by atoms with Crippen molar-refractivity contribution in [1.82, 2.24) is 5.32 Å². The number of amides is 1. The molecule has 0 atom stereocenters. The quantitative estimate of drug-likeness (QED) is 0.628. The van der Waals surface area contributed by atoms with Gasteiger partial charge in [0.25, 0.3) is 15.9 Å². The van der Waals surface area contributed by atoms with Gasteiger partial charge in [-0.1, -0.05) is 48.0 Å². The highest BCUT2D eigenvalue weighted by Crippen LogP contribution is 2.32. The van der Waals surface area contributed by atoms with Gasteiger partial charge < -0.3 is 5.32 Å². The van der Waals surface area contributed by atoms with Gasteiger partial charge in [0.15, 0.2) is 0 Å². The smallest absolute Gasteiger partial charge is 0.264 e. The first-order valence-corrected chi connectivity index (χ1v) is 11.5. The van der Waals surface area contributed by atoms with Crippen molar-refractivity contribution in [3.63, 3.8) is 0 Å². The molecule has 4 rings (SSSR count). The van der Waals surface area contributed by atoms with E-state index in [4.69, 9.17) is 11.6 Å². The molecule has 1 heterocycles. The van der Waals surface area contributed by atoms with Crippen LogP contribution in [0.2, 0.25) is 5.02 Å². The van der Waals surface area contributed by atoms with Crippen LogP contribution in [0, 0.1) is 0 Å². The molecule has 0 saturated heterocycles. The van der Waals surface area contributed by atoms with Crippen molar-refractivity contribution in [2.24, 2.45) is 0 Å². The van der Waals surface area contributed by atoms with Crippen molar-refractivity contribution in [3.8, 4) is 0 Å². The number of benzene rings is 3. The van der Waals surface area contributed by atoms with Gasteiger partial charge in [-0.3, -0.25) is 9.10 Å². The Bertz CT molecular complexity index is 1190. The van der Waals surface area contributed by atoms with E-state index in [1.807, 2.05) is 42.5 Å². The molecule has 3 aromatic carbocycles. The van der Waals surface area contributed by atoms with Gasteiger partial charge in [-0.25, -0.2) is 8.42 Å². The molecule has 1 amide bonds. The molecule has 154 valence electrons. The van der Waals surface area contributed by atoms with Gasteiger partial charge in [-0.2, -0.15) is 0 Å². The highest BCUT2D eigenvalue weighted by molar-refractivity contribution is 7.92. The lowest BCUT2D eigenvalue weighted by Gasteiger charge is -2.20. The highest BCUT2D eigenvalue weighted by Gasteiger charge is 2.30. The van der Waals surface area contributed by atoms with Gasteiger partial charge in [-0.15, -0.1) is 0 Å². The maximum absolute atomic E-state index is 13.2. The van der Waals surface area contributed by atoms with Crippen LogP contribution in [0.25, 0.3) is 0 Å². The van der Waals surface area contributed by atoms with Crippen LogP contribution in [0.1, 0.15) is 21.5 Å². The second-order valence-corrected chi connectivity index (χ2v) is 9.42. The average molecular weight is 441 g/mol. The van der Waals surface area contributed by atoms with E-state index in [1.165, 1.54) is 16.4 Å². The van der Waals surface area contributed by atoms with Crippen LogP contribution >= 0.6 is 11.6 Å². The van der Waals surface area contributed by atoms with Crippen LogP contribution in [-0.2, 0) is 22.9 Å². The van der Waals surface area contributed by atoms with Crippen molar-refractivity contribution >= 4 is 33.2 Å². The largest absolute Gasteiger partial charge is 0.352 e. The van der Waals surface area contributed by atoms with Crippen LogP contribution < -0.4 is 9.62 Å². The van der Waals surface area contributed by atoms with E-state index in [2.05, 4.69) is 5.32 Å². The first-order chi connectivity index (χ1) is 14.4. The molecule has 0 aliphatic carbocycles. The number of nitrogens with zero attached hydrogens (tertiary/aromatic N) is 1. The van der Waals surface area contributed by atoms with E-state index in [-0.39, 0.29) is 10.8 Å². The Labute approximate surface area is 181 Å². The standard InChI is InChI=1S/C23H21ClN2O3S/c24-20-8-3-5-17(15-20)11-13-25-23(27)19-7-4-9-21(16-19)30(28,29)26-14-12-18-6-1-2-10-22(18)26/h1-10,15-16H,11-14H2,(H,25,27). The van der Waals surface area contributed by atoms with E-state index >= 15 is 0 Å². The number of halogens is 1. The minimum atomic E-state index is -3.74. The van der Waals surface area contributed by atoms with Crippen molar-refractivity contribution in [2.75, 3.05) is 17.4 Å². The predicted molar refractivity (Wildman–Crippen MR) is 119 cm³/mol. The first kappa shape index (κ1) is 20.4. The zero-order valence-electron chi connectivity index (χ0n) is 16.2. The minimum Gasteiger partial charge on any atom is -0.352 e. The van der Waals surface area contributed by atoms with E-state index in [0.717, 1.165) is 11.1 Å². The lowest BCUT2D eigenvalue weighted by molar-refractivity contribution is 0.0954. The molecule has 1 aliphatic heterocycles. The number of rotatable bonds is 6. The molecular weight excluding hydrogens is 420 g/mol. The van der Waals surface area contributed by atoms with Crippen LogP contribution in [0.4, 0.5) is 5.69 Å². The normalized spacial score (nSPS) is 13.2. The van der Waals surface area contributed by atoms with E-state index in [9.17, 15) is 13.2 Å². The third kappa shape index (κ3) is 4.20. The summed E-state index contributed by atoms with van der Waals surface area (Å²) in [5.41, 5.74) is 3.05. The van der Waals surface area contributed by atoms with Crippen LogP contribution in [0.3, 0.4) is 0 Å². The third-order valence-electron chi connectivity index (χ3n) is 5.12. The highest BCUT2D eigenvalue weighted by atomic mass is 35.5. The molecule has 0 unspecified atom stereocenters. The van der Waals surface area contributed by atoms with Gasteiger partial charge >= 0.3 is 0 Å². The van der Waals surface area contributed by atoms with Crippen molar-refractivity contribution in [2.45, 2.75) is 17.7 Å². The number of sulfonamides is 1. The number of para-hydroxylation sites is 1. The number of fused-ring (bicyclic) bond motifs is 1. The topological polar surface area (TPSA) is 66.5 Å². The lowest BCUT2D eigenvalue weighted by Crippen LogP contribution is -2.30. The Morgan fingerprint density at radius 1 is 1.00 bits per heavy atom. The lowest BCUT2D eigenvalue weighted by atomic mass is 10.1. The molecule has 5 nitrogen and oxygen atoms in total. The molecule has 0 bridgehead atoms. The summed E-state index contributed by atoms with van der Waals surface area (Å²) in [5.74, 6) is -0.309. The molecular formula is C23H21ClN2O3S. The van der Waals surface area contributed by atoms with Crippen molar-refractivity contribution in [3.05, 3.63) is 94.5 Å². The predicted octanol–water partition coefficient (Wildman–Crippen LogP) is 4.06. The fourth-order valence-electron chi connectivity index (χ4n) is 3.60. The molecule has 1 aliphatic rings. The molecule has 30 heavy (non-hydrogen) atoms. The SMILES string of the molecule is O=C(NCCc1cccc(Cl)c1)c1cccc(S(=O)(=O)N2CCc3ccccc32)c1. The van der Waals surface area contributed by atoms with Gasteiger partial charge in [0, 0.05) is 23.7 Å². The minimum absolute atomic E-state index is 0.113. The summed E-state index contributed by atoms with van der Waals surface area (Å²) in [6, 6.07) is 21.1. The number of hydrogen-bond acceptors (Lipinski definition) is 3. The Morgan fingerprint density at radius 2 is 1.80 bits per heavy atom. The molecule has 0 fully saturated rings. The van der Waals surface area contributed by atoms with Crippen LogP contribution in [0.5, 0.6) is 0 Å². The van der Waals surface area contributed by atoms with E-state index < -0.39 is 10.0 Å². The second kappa shape index (κ2) is 8.50. The molecule has 7 heteroatoms. The Morgan fingerprint density at radius 3 is 2.63 bits per heavy atom. The Balaban J connectivity index is 1.47. The summed E-state index contributed by atoms with van der Waals surface area (Å²) in [6.45, 7) is 0.827. The van der Waals surface area contributed by atoms with Crippen LogP contribution in [-0.4, -0.2) is 27.4 Å².